The molecule has 0 saturated carbocycles. The standard InChI is InChI=1S/C80H145NO18/c1-3-5-7-9-11-13-15-17-19-21-23-25-27-28-29-30-31-32-33-34-36-38-40-42-44-46-48-50-52-54-56-58-68(86)81-63(64(85)57-55-53-51-49-47-45-43-41-39-37-35-26-24-22-20-18-16-14-12-10-8-6-4-2)62-94-78-74(92)71(89)76(66(60-83)96-78)99-80-75(93)72(90)77(67(61-84)97-80)98-79-73(91)70(88)69(87)65(59-82)95-79/h15,17,21,23,27-28,47,49,55,57,63-67,69-80,82-85,87-93H,3-14,16,18-20,22,24-26,29-46,48,50-54,56,58-62H2,1-2H3,(H,81,86)/b17-15-,23-21-,28-27-,49-47+,57-55+. The zero-order valence-electron chi connectivity index (χ0n) is 61.7. The van der Waals surface area contributed by atoms with E-state index in [1.165, 1.54) is 225 Å². The lowest BCUT2D eigenvalue weighted by Gasteiger charge is -2.48. The number of nitrogens with one attached hydrogen (secondary N) is 1. The van der Waals surface area contributed by atoms with Gasteiger partial charge >= 0.3 is 0 Å². The lowest BCUT2D eigenvalue weighted by Crippen LogP contribution is -2.66. The molecule has 578 valence electrons. The Balaban J connectivity index is 1.38. The molecule has 0 aromatic rings. The second kappa shape index (κ2) is 60.7. The van der Waals surface area contributed by atoms with Gasteiger partial charge in [-0.3, -0.25) is 4.79 Å². The van der Waals surface area contributed by atoms with Gasteiger partial charge in [-0.2, -0.15) is 0 Å². The van der Waals surface area contributed by atoms with Crippen molar-refractivity contribution in [3.8, 4) is 0 Å². The summed E-state index contributed by atoms with van der Waals surface area (Å²) >= 11 is 0. The van der Waals surface area contributed by atoms with Gasteiger partial charge in [-0.1, -0.05) is 293 Å². The summed E-state index contributed by atoms with van der Waals surface area (Å²) in [6.07, 6.45) is 50.6. The van der Waals surface area contributed by atoms with E-state index in [1.54, 1.807) is 6.08 Å². The van der Waals surface area contributed by atoms with Crippen LogP contribution in [0.25, 0.3) is 0 Å². The average molecular weight is 1410 g/mol. The summed E-state index contributed by atoms with van der Waals surface area (Å²) in [5.41, 5.74) is 0. The van der Waals surface area contributed by atoms with Gasteiger partial charge in [-0.05, 0) is 70.6 Å². The van der Waals surface area contributed by atoms with Crippen LogP contribution in [0.15, 0.2) is 60.8 Å². The SMILES string of the molecule is CCCCCCC/C=C\C/C=C\C/C=C\CCCCCCCCCCCCCCCCCCC(=O)NC(COC1OC(CO)C(OC2OC(CO)C(OC3OC(CO)C(O)C(O)C3O)C(O)C2O)C(O)C1O)C(O)/C=C/CC/C=C/CCCCCCCCCCCCCCCCCCC. The van der Waals surface area contributed by atoms with Gasteiger partial charge in [0.1, 0.15) is 73.2 Å². The van der Waals surface area contributed by atoms with Crippen molar-refractivity contribution >= 4 is 5.91 Å². The Bertz CT molecular complexity index is 2020. The smallest absolute Gasteiger partial charge is 0.220 e. The highest BCUT2D eigenvalue weighted by molar-refractivity contribution is 5.76. The van der Waals surface area contributed by atoms with Crippen LogP contribution in [-0.4, -0.2) is 193 Å². The number of unbranched alkanes of at least 4 members (excludes halogenated alkanes) is 39. The van der Waals surface area contributed by atoms with Crippen molar-refractivity contribution in [3.63, 3.8) is 0 Å². The van der Waals surface area contributed by atoms with Gasteiger partial charge in [0, 0.05) is 6.42 Å². The van der Waals surface area contributed by atoms with Crippen molar-refractivity contribution in [3.05, 3.63) is 60.8 Å². The number of hydrogen-bond acceptors (Lipinski definition) is 18. The van der Waals surface area contributed by atoms with Crippen LogP contribution in [0, 0.1) is 0 Å². The number of aliphatic hydroxyl groups excluding tert-OH is 11. The highest BCUT2D eigenvalue weighted by Crippen LogP contribution is 2.33. The Labute approximate surface area is 598 Å². The molecular formula is C80H145NO18. The quantitative estimate of drug-likeness (QED) is 0.0199. The summed E-state index contributed by atoms with van der Waals surface area (Å²) in [7, 11) is 0. The highest BCUT2D eigenvalue weighted by atomic mass is 16.8. The third-order valence-corrected chi connectivity index (χ3v) is 19.8. The van der Waals surface area contributed by atoms with Gasteiger partial charge in [-0.15, -0.1) is 0 Å². The van der Waals surface area contributed by atoms with Crippen LogP contribution < -0.4 is 5.32 Å². The molecule has 3 aliphatic heterocycles. The molecule has 99 heavy (non-hydrogen) atoms. The van der Waals surface area contributed by atoms with Gasteiger partial charge in [-0.25, -0.2) is 0 Å². The van der Waals surface area contributed by atoms with E-state index in [-0.39, 0.29) is 18.9 Å². The van der Waals surface area contributed by atoms with E-state index >= 15 is 0 Å². The predicted octanol–water partition coefficient (Wildman–Crippen LogP) is 13.1. The highest BCUT2D eigenvalue weighted by Gasteiger charge is 2.54. The first kappa shape index (κ1) is 90.7. The topological polar surface area (TPSA) is 307 Å². The number of allylic oxidation sites excluding steroid dienone is 9. The maximum Gasteiger partial charge on any atom is 0.220 e. The minimum absolute atomic E-state index is 0.235. The van der Waals surface area contributed by atoms with Crippen molar-refractivity contribution in [1.82, 2.24) is 5.32 Å². The first-order valence-electron chi connectivity index (χ1n) is 40.0. The fraction of sp³-hybridized carbons (Fsp3) is 0.863. The summed E-state index contributed by atoms with van der Waals surface area (Å²) < 4.78 is 34.4. The van der Waals surface area contributed by atoms with E-state index in [2.05, 4.69) is 67.8 Å². The molecule has 19 nitrogen and oxygen atoms in total. The van der Waals surface area contributed by atoms with Crippen LogP contribution in [0.5, 0.6) is 0 Å². The Morgan fingerprint density at radius 3 is 1.08 bits per heavy atom. The Kier molecular flexibility index (Phi) is 55.6. The molecule has 0 aromatic carbocycles. The molecule has 3 heterocycles. The van der Waals surface area contributed by atoms with Crippen LogP contribution in [0.2, 0.25) is 0 Å². The molecule has 1 amide bonds. The Morgan fingerprint density at radius 1 is 0.364 bits per heavy atom. The first-order valence-corrected chi connectivity index (χ1v) is 40.0. The van der Waals surface area contributed by atoms with E-state index in [4.69, 9.17) is 28.4 Å². The number of aliphatic hydroxyl groups is 11. The number of amides is 1. The fourth-order valence-electron chi connectivity index (χ4n) is 13.3. The van der Waals surface area contributed by atoms with Gasteiger partial charge in [0.15, 0.2) is 18.9 Å². The van der Waals surface area contributed by atoms with Crippen molar-refractivity contribution in [2.45, 2.75) is 413 Å². The summed E-state index contributed by atoms with van der Waals surface area (Å²) in [6.45, 7) is 1.74. The molecule has 3 rings (SSSR count). The van der Waals surface area contributed by atoms with Crippen molar-refractivity contribution in [2.24, 2.45) is 0 Å². The Morgan fingerprint density at radius 2 is 0.677 bits per heavy atom. The third kappa shape index (κ3) is 41.1. The lowest BCUT2D eigenvalue weighted by atomic mass is 9.96. The van der Waals surface area contributed by atoms with Gasteiger partial charge in [0.05, 0.1) is 38.6 Å². The van der Waals surface area contributed by atoms with Crippen LogP contribution >= 0.6 is 0 Å². The van der Waals surface area contributed by atoms with Crippen LogP contribution in [0.4, 0.5) is 0 Å². The van der Waals surface area contributed by atoms with E-state index in [9.17, 15) is 61.0 Å². The molecular weight excluding hydrogens is 1260 g/mol. The van der Waals surface area contributed by atoms with Crippen LogP contribution in [-0.2, 0) is 33.2 Å². The first-order chi connectivity index (χ1) is 48.3. The van der Waals surface area contributed by atoms with Crippen molar-refractivity contribution in [1.29, 1.82) is 0 Å². The van der Waals surface area contributed by atoms with Gasteiger partial charge in [0.25, 0.3) is 0 Å². The fourth-order valence-corrected chi connectivity index (χ4v) is 13.3. The molecule has 0 radical (unpaired) electrons. The minimum Gasteiger partial charge on any atom is -0.394 e. The molecule has 17 unspecified atom stereocenters. The maximum absolute atomic E-state index is 13.5. The number of carbonyl (C=O) groups is 1. The zero-order chi connectivity index (χ0) is 71.8. The number of rotatable bonds is 63. The van der Waals surface area contributed by atoms with Crippen LogP contribution in [0.1, 0.15) is 309 Å². The second-order valence-electron chi connectivity index (χ2n) is 28.5. The maximum atomic E-state index is 13.5. The zero-order valence-corrected chi connectivity index (χ0v) is 61.7. The Hall–Kier alpha value is -2.51. The second-order valence-corrected chi connectivity index (χ2v) is 28.5. The molecule has 3 aliphatic rings. The molecule has 0 spiro atoms. The molecule has 0 bridgehead atoms. The number of hydrogen-bond donors (Lipinski definition) is 12. The molecule has 0 aromatic heterocycles. The van der Waals surface area contributed by atoms with E-state index in [0.717, 1.165) is 51.4 Å². The van der Waals surface area contributed by atoms with E-state index < -0.39 is 124 Å². The summed E-state index contributed by atoms with van der Waals surface area (Å²) in [6, 6.07) is -0.993. The predicted molar refractivity (Wildman–Crippen MR) is 392 cm³/mol. The van der Waals surface area contributed by atoms with E-state index in [0.29, 0.717) is 12.8 Å². The van der Waals surface area contributed by atoms with Gasteiger partial charge in [0.2, 0.25) is 5.91 Å². The lowest BCUT2D eigenvalue weighted by molar-refractivity contribution is -0.379. The molecule has 3 saturated heterocycles. The molecule has 19 heteroatoms. The summed E-state index contributed by atoms with van der Waals surface area (Å²) in [5.74, 6) is -0.283. The summed E-state index contributed by atoms with van der Waals surface area (Å²) in [4.78, 5) is 13.5. The largest absolute Gasteiger partial charge is 0.394 e. The number of ether oxygens (including phenoxy) is 6. The normalized spacial score (nSPS) is 26.9. The minimum atomic E-state index is -1.98. The van der Waals surface area contributed by atoms with E-state index in [1.807, 2.05) is 6.08 Å². The molecule has 0 aliphatic carbocycles. The van der Waals surface area contributed by atoms with Crippen molar-refractivity contribution < 1.29 is 89.4 Å². The van der Waals surface area contributed by atoms with Crippen molar-refractivity contribution in [2.75, 3.05) is 26.4 Å². The monoisotopic (exact) mass is 1410 g/mol. The van der Waals surface area contributed by atoms with Gasteiger partial charge < -0.3 is 89.9 Å². The average Bonchev–Trinajstić information content (AvgIpc) is 0.577. The summed E-state index contributed by atoms with van der Waals surface area (Å²) in [5, 5.41) is 121. The molecule has 12 N–H and O–H groups in total. The molecule has 17 atom stereocenters. The molecule has 3 fully saturated rings. The van der Waals surface area contributed by atoms with Crippen LogP contribution in [0.3, 0.4) is 0 Å². The third-order valence-electron chi connectivity index (χ3n) is 19.8. The number of carbonyl (C=O) groups excluding carboxylic acids is 1.